The molecule has 0 aromatic heterocycles. The molecule has 0 unspecified atom stereocenters. The van der Waals surface area contributed by atoms with Crippen molar-refractivity contribution in [2.24, 2.45) is 5.73 Å². The predicted molar refractivity (Wildman–Crippen MR) is 109 cm³/mol. The zero-order chi connectivity index (χ0) is 17.0. The molecule has 1 aromatic carbocycles. The number of nitrogens with zero attached hydrogens (tertiary/aromatic N) is 1. The highest BCUT2D eigenvalue weighted by Crippen LogP contribution is 2.33. The van der Waals surface area contributed by atoms with Gasteiger partial charge in [0.1, 0.15) is 0 Å². The number of amides is 2. The SMILES string of the molecule is Cl.Cl.NC1(C(=O)Nc2ccc(NC(=O)CN3CCCCCC3)cc2)CC1. The van der Waals surface area contributed by atoms with E-state index < -0.39 is 5.54 Å². The Morgan fingerprint density at radius 3 is 1.92 bits per heavy atom. The number of anilines is 2. The lowest BCUT2D eigenvalue weighted by molar-refractivity contribution is -0.118. The van der Waals surface area contributed by atoms with Crippen molar-refractivity contribution in [1.82, 2.24) is 4.90 Å². The minimum absolute atomic E-state index is 0. The lowest BCUT2D eigenvalue weighted by atomic mass is 10.2. The normalized spacial score (nSPS) is 18.5. The van der Waals surface area contributed by atoms with Crippen LogP contribution in [0.3, 0.4) is 0 Å². The summed E-state index contributed by atoms with van der Waals surface area (Å²) in [4.78, 5) is 26.3. The minimum Gasteiger partial charge on any atom is -0.325 e. The molecule has 0 bridgehead atoms. The summed E-state index contributed by atoms with van der Waals surface area (Å²) in [5.41, 5.74) is 6.61. The summed E-state index contributed by atoms with van der Waals surface area (Å²) < 4.78 is 0. The largest absolute Gasteiger partial charge is 0.325 e. The number of carbonyl (C=O) groups excluding carboxylic acids is 2. The predicted octanol–water partition coefficient (Wildman–Crippen LogP) is 2.77. The molecule has 0 atom stereocenters. The molecule has 1 aromatic rings. The molecule has 0 radical (unpaired) electrons. The second-order valence-electron chi connectivity index (χ2n) is 6.93. The van der Waals surface area contributed by atoms with Crippen LogP contribution in [0.15, 0.2) is 24.3 Å². The van der Waals surface area contributed by atoms with Gasteiger partial charge in [0, 0.05) is 11.4 Å². The van der Waals surface area contributed by atoms with Gasteiger partial charge in [-0.1, -0.05) is 12.8 Å². The number of nitrogens with one attached hydrogen (secondary N) is 2. The second kappa shape index (κ2) is 10.1. The van der Waals surface area contributed by atoms with E-state index >= 15 is 0 Å². The van der Waals surface area contributed by atoms with Gasteiger partial charge < -0.3 is 16.4 Å². The zero-order valence-electron chi connectivity index (χ0n) is 14.8. The van der Waals surface area contributed by atoms with E-state index in [0.717, 1.165) is 31.6 Å². The number of hydrogen-bond donors (Lipinski definition) is 3. The maximum atomic E-state index is 12.2. The van der Waals surface area contributed by atoms with Gasteiger partial charge in [0.2, 0.25) is 11.8 Å². The molecular weight excluding hydrogens is 375 g/mol. The lowest BCUT2D eigenvalue weighted by Gasteiger charge is -2.19. The van der Waals surface area contributed by atoms with Crippen LogP contribution < -0.4 is 16.4 Å². The fourth-order valence-electron chi connectivity index (χ4n) is 2.95. The fraction of sp³-hybridized carbons (Fsp3) is 0.556. The maximum Gasteiger partial charge on any atom is 0.244 e. The van der Waals surface area contributed by atoms with Crippen LogP contribution in [-0.4, -0.2) is 41.9 Å². The van der Waals surface area contributed by atoms with Gasteiger partial charge in [0.05, 0.1) is 12.1 Å². The molecule has 3 rings (SSSR count). The van der Waals surface area contributed by atoms with Crippen LogP contribution in [0, 0.1) is 0 Å². The van der Waals surface area contributed by atoms with Crippen LogP contribution in [0.4, 0.5) is 11.4 Å². The third kappa shape index (κ3) is 6.43. The van der Waals surface area contributed by atoms with Gasteiger partial charge in [-0.25, -0.2) is 0 Å². The maximum absolute atomic E-state index is 12.2. The van der Waals surface area contributed by atoms with Crippen molar-refractivity contribution in [2.45, 2.75) is 44.1 Å². The summed E-state index contributed by atoms with van der Waals surface area (Å²) in [5, 5.41) is 5.73. The molecule has 26 heavy (non-hydrogen) atoms. The van der Waals surface area contributed by atoms with E-state index in [-0.39, 0.29) is 36.6 Å². The highest BCUT2D eigenvalue weighted by atomic mass is 35.5. The van der Waals surface area contributed by atoms with Crippen LogP contribution in [0.2, 0.25) is 0 Å². The van der Waals surface area contributed by atoms with Gasteiger partial charge in [-0.05, 0) is 63.0 Å². The Hall–Kier alpha value is -1.34. The van der Waals surface area contributed by atoms with Crippen molar-refractivity contribution in [1.29, 1.82) is 0 Å². The quantitative estimate of drug-likeness (QED) is 0.706. The summed E-state index contributed by atoms with van der Waals surface area (Å²) in [6, 6.07) is 7.16. The van der Waals surface area contributed by atoms with E-state index in [9.17, 15) is 9.59 Å². The number of benzene rings is 1. The third-order valence-electron chi connectivity index (χ3n) is 4.73. The highest BCUT2D eigenvalue weighted by molar-refractivity contribution is 6.00. The fourth-order valence-corrected chi connectivity index (χ4v) is 2.95. The topological polar surface area (TPSA) is 87.5 Å². The molecule has 1 saturated heterocycles. The average molecular weight is 403 g/mol. The summed E-state index contributed by atoms with van der Waals surface area (Å²) in [5.74, 6) is -0.131. The van der Waals surface area contributed by atoms with Crippen molar-refractivity contribution < 1.29 is 9.59 Å². The Balaban J connectivity index is 0.00000169. The van der Waals surface area contributed by atoms with E-state index in [1.54, 1.807) is 24.3 Å². The molecule has 2 aliphatic rings. The monoisotopic (exact) mass is 402 g/mol. The Morgan fingerprint density at radius 2 is 1.42 bits per heavy atom. The van der Waals surface area contributed by atoms with E-state index in [0.29, 0.717) is 12.2 Å². The van der Waals surface area contributed by atoms with Crippen LogP contribution in [0.25, 0.3) is 0 Å². The lowest BCUT2D eigenvalue weighted by Crippen LogP contribution is -2.37. The van der Waals surface area contributed by atoms with E-state index in [4.69, 9.17) is 5.73 Å². The first-order chi connectivity index (χ1) is 11.5. The van der Waals surface area contributed by atoms with Gasteiger partial charge in [-0.2, -0.15) is 0 Å². The Bertz CT molecular complexity index is 598. The molecule has 1 heterocycles. The molecule has 1 saturated carbocycles. The summed E-state index contributed by atoms with van der Waals surface area (Å²) in [7, 11) is 0. The molecule has 6 nitrogen and oxygen atoms in total. The van der Waals surface area contributed by atoms with E-state index in [2.05, 4.69) is 15.5 Å². The Morgan fingerprint density at radius 1 is 0.923 bits per heavy atom. The van der Waals surface area contributed by atoms with Gasteiger partial charge in [0.25, 0.3) is 0 Å². The molecule has 146 valence electrons. The molecule has 1 aliphatic heterocycles. The second-order valence-corrected chi connectivity index (χ2v) is 6.93. The van der Waals surface area contributed by atoms with Crippen LogP contribution in [0.5, 0.6) is 0 Å². The van der Waals surface area contributed by atoms with Crippen molar-refractivity contribution >= 4 is 48.0 Å². The van der Waals surface area contributed by atoms with Crippen molar-refractivity contribution in [3.05, 3.63) is 24.3 Å². The molecule has 2 amide bonds. The number of hydrogen-bond acceptors (Lipinski definition) is 4. The van der Waals surface area contributed by atoms with Crippen LogP contribution >= 0.6 is 24.8 Å². The summed E-state index contributed by atoms with van der Waals surface area (Å²) in [6.07, 6.45) is 6.34. The summed E-state index contributed by atoms with van der Waals surface area (Å²) >= 11 is 0. The molecular formula is C18H28Cl2N4O2. The number of nitrogens with two attached hydrogens (primary N) is 1. The van der Waals surface area contributed by atoms with Gasteiger partial charge in [0.15, 0.2) is 0 Å². The van der Waals surface area contributed by atoms with Crippen molar-refractivity contribution in [3.63, 3.8) is 0 Å². The number of halogens is 2. The van der Waals surface area contributed by atoms with Crippen LogP contribution in [-0.2, 0) is 9.59 Å². The highest BCUT2D eigenvalue weighted by Gasteiger charge is 2.45. The molecule has 0 spiro atoms. The van der Waals surface area contributed by atoms with Gasteiger partial charge in [-0.15, -0.1) is 24.8 Å². The minimum atomic E-state index is -0.681. The molecule has 1 aliphatic carbocycles. The molecule has 2 fully saturated rings. The first-order valence-electron chi connectivity index (χ1n) is 8.78. The van der Waals surface area contributed by atoms with Gasteiger partial charge >= 0.3 is 0 Å². The first kappa shape index (κ1) is 22.7. The van der Waals surface area contributed by atoms with Crippen molar-refractivity contribution in [2.75, 3.05) is 30.3 Å². The number of carbonyl (C=O) groups is 2. The van der Waals surface area contributed by atoms with Crippen molar-refractivity contribution in [3.8, 4) is 0 Å². The third-order valence-corrected chi connectivity index (χ3v) is 4.73. The number of likely N-dealkylation sites (tertiary alicyclic amines) is 1. The van der Waals surface area contributed by atoms with E-state index in [1.807, 2.05) is 0 Å². The Labute approximate surface area is 167 Å². The molecule has 4 N–H and O–H groups in total. The average Bonchev–Trinajstić information content (AvgIpc) is 3.34. The summed E-state index contributed by atoms with van der Waals surface area (Å²) in [6.45, 7) is 2.44. The Kier molecular flexibility index (Phi) is 8.83. The van der Waals surface area contributed by atoms with E-state index in [1.165, 1.54) is 25.7 Å². The smallest absolute Gasteiger partial charge is 0.244 e. The van der Waals surface area contributed by atoms with Crippen LogP contribution in [0.1, 0.15) is 38.5 Å². The zero-order valence-corrected chi connectivity index (χ0v) is 16.5. The van der Waals surface area contributed by atoms with Gasteiger partial charge in [-0.3, -0.25) is 14.5 Å². The first-order valence-corrected chi connectivity index (χ1v) is 8.78. The molecule has 8 heteroatoms. The standard InChI is InChI=1S/C18H26N4O2.2ClH/c19-18(9-10-18)17(24)21-15-7-5-14(6-8-15)20-16(23)13-22-11-3-1-2-4-12-22;;/h5-8H,1-4,9-13,19H2,(H,20,23)(H,21,24);2*1H. The number of rotatable bonds is 5.